The van der Waals surface area contributed by atoms with Crippen LogP contribution in [0.4, 0.5) is 37.7 Å². The molecule has 0 radical (unpaired) electrons. The van der Waals surface area contributed by atoms with Gasteiger partial charge in [-0.05, 0) is 35.9 Å². The van der Waals surface area contributed by atoms with Crippen LogP contribution in [0.2, 0.25) is 5.02 Å². The van der Waals surface area contributed by atoms with Crippen molar-refractivity contribution in [2.75, 3.05) is 5.32 Å². The molecule has 0 saturated carbocycles. The molecule has 1 aromatic heterocycles. The van der Waals surface area contributed by atoms with Gasteiger partial charge in [-0.2, -0.15) is 18.3 Å². The van der Waals surface area contributed by atoms with Crippen molar-refractivity contribution in [3.05, 3.63) is 76.1 Å². The molecular weight excluding hydrogens is 512 g/mol. The van der Waals surface area contributed by atoms with Crippen molar-refractivity contribution in [3.63, 3.8) is 0 Å². The first-order valence-electron chi connectivity index (χ1n) is 10.4. The average molecular weight is 528 g/mol. The van der Waals surface area contributed by atoms with Crippen LogP contribution in [0.25, 0.3) is 0 Å². The quantitative estimate of drug-likeness (QED) is 0.281. The minimum Gasteiger partial charge on any atom is -0.378 e. The molecular formula is C23H16ClF6N5O. The lowest BCUT2D eigenvalue weighted by Gasteiger charge is -2.27. The number of benzene rings is 2. The van der Waals surface area contributed by atoms with Gasteiger partial charge in [0.25, 0.3) is 12.3 Å². The zero-order valence-corrected chi connectivity index (χ0v) is 18.9. The second-order valence-corrected chi connectivity index (χ2v) is 8.15. The van der Waals surface area contributed by atoms with E-state index in [4.69, 9.17) is 11.6 Å². The lowest BCUT2D eigenvalue weighted by molar-refractivity contribution is -0.0608. The third-order valence-electron chi connectivity index (χ3n) is 5.33. The lowest BCUT2D eigenvalue weighted by atomic mass is 9.95. The maximum absolute atomic E-state index is 13.4. The number of hydrogen-bond acceptors (Lipinski definition) is 4. The Bertz CT molecular complexity index is 1350. The van der Waals surface area contributed by atoms with Crippen LogP contribution >= 0.6 is 11.6 Å². The number of nitrogens with one attached hydrogen (secondary N) is 1. The molecule has 1 atom stereocenters. The molecule has 36 heavy (non-hydrogen) atoms. The third kappa shape index (κ3) is 5.43. The number of amides is 1. The van der Waals surface area contributed by atoms with Crippen LogP contribution in [0.15, 0.2) is 58.6 Å². The van der Waals surface area contributed by atoms with Crippen molar-refractivity contribution in [1.29, 1.82) is 0 Å². The van der Waals surface area contributed by atoms with Crippen LogP contribution in [0.3, 0.4) is 0 Å². The summed E-state index contributed by atoms with van der Waals surface area (Å²) < 4.78 is 79.8. The number of anilines is 1. The molecule has 0 bridgehead atoms. The van der Waals surface area contributed by atoms with Crippen LogP contribution in [-0.2, 0) is 6.80 Å². The first kappa shape index (κ1) is 25.4. The Morgan fingerprint density at radius 2 is 2.03 bits per heavy atom. The molecule has 0 aliphatic carbocycles. The van der Waals surface area contributed by atoms with E-state index in [1.165, 1.54) is 24.3 Å². The summed E-state index contributed by atoms with van der Waals surface area (Å²) in [6, 6.07) is 9.82. The van der Waals surface area contributed by atoms with Gasteiger partial charge in [-0.1, -0.05) is 23.7 Å². The Morgan fingerprint density at radius 3 is 2.72 bits per heavy atom. The second kappa shape index (κ2) is 10.1. The van der Waals surface area contributed by atoms with E-state index in [9.17, 15) is 31.1 Å². The van der Waals surface area contributed by atoms with Crippen LogP contribution in [0.1, 0.15) is 46.1 Å². The van der Waals surface area contributed by atoms with Gasteiger partial charge in [0.05, 0.1) is 23.5 Å². The van der Waals surface area contributed by atoms with Crippen molar-refractivity contribution in [3.8, 4) is 0 Å². The number of hydrogen-bond donors (Lipinski definition) is 1. The van der Waals surface area contributed by atoms with Gasteiger partial charge >= 0.3 is 6.18 Å². The standard InChI is InChI=1S/C23H16ClF6N5O/c24-13-4-5-17-15(7-13)18(8-19(34-17)23(28,29)30)33-14-3-1-2-12(6-14)9-31-22(36)16-10-32-35(11-25)20(16)21(26)27/h1-7,9-10,18,21,33H,8,11H2. The monoisotopic (exact) mass is 527 g/mol. The summed E-state index contributed by atoms with van der Waals surface area (Å²) in [4.78, 5) is 19.7. The number of carbonyl (C=O) groups excluding carboxylic acids is 1. The van der Waals surface area contributed by atoms with Crippen molar-refractivity contribution in [2.45, 2.75) is 31.9 Å². The molecule has 1 unspecified atom stereocenters. The number of aromatic nitrogens is 2. The highest BCUT2D eigenvalue weighted by atomic mass is 35.5. The van der Waals surface area contributed by atoms with Crippen LogP contribution in [0.5, 0.6) is 0 Å². The molecule has 3 aromatic rings. The van der Waals surface area contributed by atoms with Gasteiger partial charge in [-0.3, -0.25) is 4.79 Å². The smallest absolute Gasteiger partial charge is 0.378 e. The van der Waals surface area contributed by atoms with Crippen molar-refractivity contribution in [2.24, 2.45) is 9.98 Å². The van der Waals surface area contributed by atoms with Crippen molar-refractivity contribution < 1.29 is 31.1 Å². The minimum atomic E-state index is -4.61. The topological polar surface area (TPSA) is 71.6 Å². The Balaban J connectivity index is 1.56. The molecule has 2 heterocycles. The SMILES string of the molecule is O=C(N=Cc1cccc(NC2CC(C(F)(F)F)=Nc3ccc(Cl)cc32)c1)c1cnn(CF)c1C(F)F. The molecule has 13 heteroatoms. The van der Waals surface area contributed by atoms with E-state index >= 15 is 0 Å². The van der Waals surface area contributed by atoms with E-state index in [1.54, 1.807) is 18.2 Å². The summed E-state index contributed by atoms with van der Waals surface area (Å²) >= 11 is 6.04. The number of fused-ring (bicyclic) bond motifs is 1. The molecule has 4 rings (SSSR count). The number of nitrogens with zero attached hydrogens (tertiary/aromatic N) is 4. The molecule has 2 aromatic carbocycles. The Morgan fingerprint density at radius 1 is 1.25 bits per heavy atom. The summed E-state index contributed by atoms with van der Waals surface area (Å²) in [5, 5.41) is 6.78. The average Bonchev–Trinajstić information content (AvgIpc) is 3.27. The second-order valence-electron chi connectivity index (χ2n) is 7.71. The Hall–Kier alpha value is -3.67. The number of rotatable bonds is 6. The summed E-state index contributed by atoms with van der Waals surface area (Å²) in [5.74, 6) is -1.05. The lowest BCUT2D eigenvalue weighted by Crippen LogP contribution is -2.29. The number of aliphatic imine (C=N–C) groups is 2. The zero-order chi connectivity index (χ0) is 26.0. The molecule has 1 aliphatic heterocycles. The number of carbonyl (C=O) groups is 1. The molecule has 0 spiro atoms. The minimum absolute atomic E-state index is 0.141. The number of halogens is 7. The predicted octanol–water partition coefficient (Wildman–Crippen LogP) is 6.85. The van der Waals surface area contributed by atoms with Gasteiger partial charge < -0.3 is 5.32 Å². The molecule has 0 saturated heterocycles. The summed E-state index contributed by atoms with van der Waals surface area (Å²) in [6.45, 7) is -1.33. The molecule has 1 aliphatic rings. The fourth-order valence-corrected chi connectivity index (χ4v) is 3.89. The first-order chi connectivity index (χ1) is 17.1. The van der Waals surface area contributed by atoms with E-state index in [0.717, 1.165) is 12.4 Å². The van der Waals surface area contributed by atoms with Crippen LogP contribution in [-0.4, -0.2) is 33.8 Å². The van der Waals surface area contributed by atoms with Crippen LogP contribution < -0.4 is 5.32 Å². The molecule has 0 fully saturated rings. The highest BCUT2D eigenvalue weighted by molar-refractivity contribution is 6.30. The number of alkyl halides is 6. The van der Waals surface area contributed by atoms with Gasteiger partial charge in [0, 0.05) is 28.9 Å². The summed E-state index contributed by atoms with van der Waals surface area (Å²) in [6.07, 6.45) is -6.28. The van der Waals surface area contributed by atoms with E-state index in [1.807, 2.05) is 0 Å². The van der Waals surface area contributed by atoms with Crippen LogP contribution in [0, 0.1) is 0 Å². The van der Waals surface area contributed by atoms with E-state index in [2.05, 4.69) is 20.4 Å². The van der Waals surface area contributed by atoms with E-state index in [0.29, 0.717) is 26.5 Å². The van der Waals surface area contributed by atoms with E-state index < -0.39 is 54.7 Å². The van der Waals surface area contributed by atoms with Gasteiger partial charge in [-0.25, -0.2) is 27.8 Å². The largest absolute Gasteiger partial charge is 0.429 e. The fraction of sp³-hybridized carbons (Fsp3) is 0.217. The van der Waals surface area contributed by atoms with Gasteiger partial charge in [0.1, 0.15) is 11.4 Å². The highest BCUT2D eigenvalue weighted by Crippen LogP contribution is 2.40. The summed E-state index contributed by atoms with van der Waals surface area (Å²) in [5.41, 5.74) is -0.978. The van der Waals surface area contributed by atoms with Gasteiger partial charge in [-0.15, -0.1) is 0 Å². The summed E-state index contributed by atoms with van der Waals surface area (Å²) in [7, 11) is 0. The normalized spacial score (nSPS) is 15.8. The van der Waals surface area contributed by atoms with Gasteiger partial charge in [0.15, 0.2) is 6.80 Å². The molecule has 6 nitrogen and oxygen atoms in total. The molecule has 188 valence electrons. The van der Waals surface area contributed by atoms with Gasteiger partial charge in [0.2, 0.25) is 0 Å². The zero-order valence-electron chi connectivity index (χ0n) is 18.1. The predicted molar refractivity (Wildman–Crippen MR) is 122 cm³/mol. The molecule has 1 amide bonds. The maximum Gasteiger partial charge on any atom is 0.429 e. The maximum atomic E-state index is 13.4. The Labute approximate surface area is 205 Å². The van der Waals surface area contributed by atoms with Crippen molar-refractivity contribution >= 4 is 40.8 Å². The first-order valence-corrected chi connectivity index (χ1v) is 10.7. The fourth-order valence-electron chi connectivity index (χ4n) is 3.71. The highest BCUT2D eigenvalue weighted by Gasteiger charge is 2.40. The molecule has 1 N–H and O–H groups in total. The van der Waals surface area contributed by atoms with Crippen molar-refractivity contribution in [1.82, 2.24) is 9.78 Å². The van der Waals surface area contributed by atoms with E-state index in [-0.39, 0.29) is 5.69 Å². The Kier molecular flexibility index (Phi) is 7.16. The third-order valence-corrected chi connectivity index (χ3v) is 5.57.